The van der Waals surface area contributed by atoms with E-state index >= 15 is 0 Å². The van der Waals surface area contributed by atoms with E-state index in [0.29, 0.717) is 12.8 Å². The van der Waals surface area contributed by atoms with Crippen molar-refractivity contribution in [2.24, 2.45) is 5.73 Å². The van der Waals surface area contributed by atoms with Crippen LogP contribution in [0, 0.1) is 0 Å². The van der Waals surface area contributed by atoms with Gasteiger partial charge in [-0.25, -0.2) is 8.42 Å². The van der Waals surface area contributed by atoms with Gasteiger partial charge in [-0.2, -0.15) is 0 Å². The molecule has 0 aromatic heterocycles. The van der Waals surface area contributed by atoms with E-state index in [1.807, 2.05) is 0 Å². The molecule has 1 aliphatic rings. The molecule has 0 heterocycles. The third kappa shape index (κ3) is 1.03. The first-order chi connectivity index (χ1) is 4.90. The highest BCUT2D eigenvalue weighted by Crippen LogP contribution is 2.38. The predicted molar refractivity (Wildman–Crippen MR) is 40.6 cm³/mol. The molecule has 1 fully saturated rings. The van der Waals surface area contributed by atoms with Crippen LogP contribution in [-0.4, -0.2) is 25.3 Å². The number of sulfone groups is 1. The molecule has 0 saturated heterocycles. The Morgan fingerprint density at radius 1 is 1.45 bits per heavy atom. The van der Waals surface area contributed by atoms with Gasteiger partial charge in [-0.15, -0.1) is 0 Å². The molecule has 1 rings (SSSR count). The van der Waals surface area contributed by atoms with Gasteiger partial charge >= 0.3 is 0 Å². The van der Waals surface area contributed by atoms with Crippen molar-refractivity contribution in [1.29, 1.82) is 0 Å². The Kier molecular flexibility index (Phi) is 1.70. The van der Waals surface area contributed by atoms with E-state index in [-0.39, 0.29) is 0 Å². The molecule has 0 bridgehead atoms. The zero-order valence-corrected chi connectivity index (χ0v) is 7.15. The lowest BCUT2D eigenvalue weighted by atomic mass is 9.84. The second kappa shape index (κ2) is 2.20. The van der Waals surface area contributed by atoms with E-state index in [4.69, 9.17) is 5.73 Å². The normalized spacial score (nSPS) is 22.3. The van der Waals surface area contributed by atoms with E-state index in [2.05, 4.69) is 0 Å². The van der Waals surface area contributed by atoms with Crippen LogP contribution < -0.4 is 5.73 Å². The molecule has 4 nitrogen and oxygen atoms in total. The third-order valence-electron chi connectivity index (χ3n) is 2.32. The number of amides is 1. The van der Waals surface area contributed by atoms with E-state index < -0.39 is 20.5 Å². The van der Waals surface area contributed by atoms with Gasteiger partial charge in [0.2, 0.25) is 5.91 Å². The number of hydrogen-bond donors (Lipinski definition) is 1. The molecule has 0 atom stereocenters. The molecule has 1 aliphatic carbocycles. The van der Waals surface area contributed by atoms with Crippen molar-refractivity contribution in [2.45, 2.75) is 24.0 Å². The van der Waals surface area contributed by atoms with Crippen LogP contribution in [0.25, 0.3) is 0 Å². The largest absolute Gasteiger partial charge is 0.368 e. The lowest BCUT2D eigenvalue weighted by molar-refractivity contribution is -0.122. The van der Waals surface area contributed by atoms with Crippen molar-refractivity contribution >= 4 is 15.7 Å². The van der Waals surface area contributed by atoms with Gasteiger partial charge in [-0.3, -0.25) is 4.79 Å². The first kappa shape index (κ1) is 8.52. The fraction of sp³-hybridized carbons (Fsp3) is 0.833. The summed E-state index contributed by atoms with van der Waals surface area (Å²) in [6.07, 6.45) is 2.62. The van der Waals surface area contributed by atoms with Gasteiger partial charge in [-0.05, 0) is 19.3 Å². The highest BCUT2D eigenvalue weighted by molar-refractivity contribution is 7.93. The van der Waals surface area contributed by atoms with Crippen LogP contribution in [-0.2, 0) is 14.6 Å². The quantitative estimate of drug-likeness (QED) is 0.614. The summed E-state index contributed by atoms with van der Waals surface area (Å²) in [5, 5.41) is 0. The van der Waals surface area contributed by atoms with Crippen LogP contribution in [0.2, 0.25) is 0 Å². The molecular weight excluding hydrogens is 166 g/mol. The minimum absolute atomic E-state index is 0.390. The molecule has 0 aliphatic heterocycles. The summed E-state index contributed by atoms with van der Waals surface area (Å²) in [7, 11) is -3.30. The van der Waals surface area contributed by atoms with E-state index in [0.717, 1.165) is 12.7 Å². The van der Waals surface area contributed by atoms with E-state index in [9.17, 15) is 13.2 Å². The highest BCUT2D eigenvalue weighted by Gasteiger charge is 2.51. The van der Waals surface area contributed by atoms with E-state index in [1.165, 1.54) is 0 Å². The lowest BCUT2D eigenvalue weighted by Crippen LogP contribution is -2.54. The van der Waals surface area contributed by atoms with Crippen LogP contribution in [0.1, 0.15) is 19.3 Å². The van der Waals surface area contributed by atoms with Gasteiger partial charge in [0, 0.05) is 6.26 Å². The molecule has 1 amide bonds. The van der Waals surface area contributed by atoms with E-state index in [1.54, 1.807) is 0 Å². The minimum atomic E-state index is -3.30. The fourth-order valence-electron chi connectivity index (χ4n) is 1.30. The molecule has 5 heteroatoms. The number of carbonyl (C=O) groups is 1. The smallest absolute Gasteiger partial charge is 0.238 e. The van der Waals surface area contributed by atoms with Gasteiger partial charge in [0.1, 0.15) is 4.75 Å². The van der Waals surface area contributed by atoms with Crippen LogP contribution in [0.4, 0.5) is 0 Å². The van der Waals surface area contributed by atoms with Gasteiger partial charge in [0.05, 0.1) is 0 Å². The second-order valence-corrected chi connectivity index (χ2v) is 5.31. The number of rotatable bonds is 2. The number of hydrogen-bond acceptors (Lipinski definition) is 3. The summed E-state index contributed by atoms with van der Waals surface area (Å²) in [6.45, 7) is 0. The average Bonchev–Trinajstić information content (AvgIpc) is 1.52. The molecule has 0 aromatic rings. The van der Waals surface area contributed by atoms with Gasteiger partial charge in [0.25, 0.3) is 0 Å². The summed E-state index contributed by atoms with van der Waals surface area (Å²) < 4.78 is 20.9. The maximum Gasteiger partial charge on any atom is 0.238 e. The monoisotopic (exact) mass is 177 g/mol. The molecule has 1 saturated carbocycles. The van der Waals surface area contributed by atoms with Crippen molar-refractivity contribution in [3.8, 4) is 0 Å². The Balaban J connectivity index is 3.04. The van der Waals surface area contributed by atoms with Crippen molar-refractivity contribution in [3.63, 3.8) is 0 Å². The Hall–Kier alpha value is -0.580. The molecule has 0 unspecified atom stereocenters. The predicted octanol–water partition coefficient (Wildman–Crippen LogP) is -0.561. The van der Waals surface area contributed by atoms with Crippen molar-refractivity contribution in [3.05, 3.63) is 0 Å². The number of primary amides is 1. The number of carbonyl (C=O) groups excluding carboxylic acids is 1. The van der Waals surface area contributed by atoms with Crippen molar-refractivity contribution < 1.29 is 13.2 Å². The summed E-state index contributed by atoms with van der Waals surface area (Å²) in [5.41, 5.74) is 5.00. The first-order valence-corrected chi connectivity index (χ1v) is 5.29. The maximum absolute atomic E-state index is 11.1. The molecular formula is C6H11NO3S. The van der Waals surface area contributed by atoms with Gasteiger partial charge in [0.15, 0.2) is 9.84 Å². The number of nitrogens with two attached hydrogens (primary N) is 1. The summed E-state index contributed by atoms with van der Waals surface area (Å²) in [6, 6.07) is 0. The van der Waals surface area contributed by atoms with Crippen molar-refractivity contribution in [2.75, 3.05) is 6.26 Å². The maximum atomic E-state index is 11.1. The molecule has 2 N–H and O–H groups in total. The highest BCUT2D eigenvalue weighted by atomic mass is 32.2. The standard InChI is InChI=1S/C6H11NO3S/c1-11(9,10)6(5(7)8)3-2-4-6/h2-4H2,1H3,(H2,7,8). The average molecular weight is 177 g/mol. The van der Waals surface area contributed by atoms with Gasteiger partial charge in [-0.1, -0.05) is 0 Å². The van der Waals surface area contributed by atoms with Gasteiger partial charge < -0.3 is 5.73 Å². The second-order valence-electron chi connectivity index (χ2n) is 2.98. The summed E-state index contributed by atoms with van der Waals surface area (Å²) in [5.74, 6) is -0.703. The molecule has 64 valence electrons. The summed E-state index contributed by atoms with van der Waals surface area (Å²) >= 11 is 0. The molecule has 0 aromatic carbocycles. The third-order valence-corrected chi connectivity index (χ3v) is 4.35. The Labute approximate surface area is 65.7 Å². The first-order valence-electron chi connectivity index (χ1n) is 3.40. The Morgan fingerprint density at radius 2 is 1.91 bits per heavy atom. The molecule has 11 heavy (non-hydrogen) atoms. The van der Waals surface area contributed by atoms with Crippen LogP contribution >= 0.6 is 0 Å². The topological polar surface area (TPSA) is 77.2 Å². The van der Waals surface area contributed by atoms with Crippen molar-refractivity contribution in [1.82, 2.24) is 0 Å². The lowest BCUT2D eigenvalue weighted by Gasteiger charge is -2.36. The zero-order chi connectivity index (χ0) is 8.70. The Bertz CT molecular complexity index is 276. The molecule has 0 spiro atoms. The van der Waals surface area contributed by atoms with Crippen LogP contribution in [0.15, 0.2) is 0 Å². The SMILES string of the molecule is CS(=O)(=O)C1(C(N)=O)CCC1. The minimum Gasteiger partial charge on any atom is -0.368 e. The zero-order valence-electron chi connectivity index (χ0n) is 6.33. The Morgan fingerprint density at radius 3 is 1.91 bits per heavy atom. The van der Waals surface area contributed by atoms with Crippen LogP contribution in [0.3, 0.4) is 0 Å². The summed E-state index contributed by atoms with van der Waals surface area (Å²) in [4.78, 5) is 10.8. The van der Waals surface area contributed by atoms with Crippen LogP contribution in [0.5, 0.6) is 0 Å². The fourth-order valence-corrected chi connectivity index (χ4v) is 2.69. The molecule has 0 radical (unpaired) electrons.